The van der Waals surface area contributed by atoms with E-state index >= 15 is 0 Å². The van der Waals surface area contributed by atoms with Gasteiger partial charge >= 0.3 is 7.05 Å². The molecule has 0 saturated carbocycles. The van der Waals surface area contributed by atoms with E-state index in [-0.39, 0.29) is 11.5 Å². The lowest BCUT2D eigenvalue weighted by atomic mass is 9.71. The van der Waals surface area contributed by atoms with Gasteiger partial charge in [-0.05, 0) is 48.7 Å². The summed E-state index contributed by atoms with van der Waals surface area (Å²) in [6, 6.07) is 23.9. The van der Waals surface area contributed by atoms with Crippen LogP contribution in [0.2, 0.25) is 0 Å². The van der Waals surface area contributed by atoms with Crippen LogP contribution >= 0.6 is 0 Å². The van der Waals surface area contributed by atoms with Crippen molar-refractivity contribution in [3.63, 3.8) is 0 Å². The zero-order valence-electron chi connectivity index (χ0n) is 15.4. The molecule has 2 heterocycles. The molecule has 2 nitrogen and oxygen atoms in total. The fourth-order valence-electron chi connectivity index (χ4n) is 4.83. The fourth-order valence-corrected chi connectivity index (χ4v) is 4.83. The van der Waals surface area contributed by atoms with Crippen molar-refractivity contribution in [2.24, 2.45) is 0 Å². The molecule has 5 rings (SSSR count). The van der Waals surface area contributed by atoms with Crippen LogP contribution in [0.1, 0.15) is 24.0 Å². The summed E-state index contributed by atoms with van der Waals surface area (Å²) in [6.45, 7) is 0.798. The Balaban J connectivity index is 1.71. The molecule has 0 spiro atoms. The Bertz CT molecular complexity index is 943. The highest BCUT2D eigenvalue weighted by molar-refractivity contribution is 6.65. The molecule has 0 aliphatic carbocycles. The molecule has 2 fully saturated rings. The summed E-state index contributed by atoms with van der Waals surface area (Å²) in [7, 11) is -0.622. The van der Waals surface area contributed by atoms with E-state index in [0.717, 1.165) is 36.6 Å². The highest BCUT2D eigenvalue weighted by Gasteiger charge is 2.59. The maximum Gasteiger partial charge on any atom is 0.423 e. The second kappa shape index (κ2) is 6.84. The lowest BCUT2D eigenvalue weighted by Crippen LogP contribution is -2.47. The molecule has 0 bridgehead atoms. The van der Waals surface area contributed by atoms with Crippen LogP contribution in [0.25, 0.3) is 0 Å². The summed E-state index contributed by atoms with van der Waals surface area (Å²) < 4.78 is 35.3. The molecule has 2 saturated heterocycles. The molecule has 1 atom stereocenters. The van der Waals surface area contributed by atoms with Crippen LogP contribution in [0.3, 0.4) is 0 Å². The van der Waals surface area contributed by atoms with Gasteiger partial charge in [0.2, 0.25) is 0 Å². The van der Waals surface area contributed by atoms with E-state index in [9.17, 15) is 8.78 Å². The predicted molar refractivity (Wildman–Crippen MR) is 106 cm³/mol. The Morgan fingerprint density at radius 3 is 2.18 bits per heavy atom. The lowest BCUT2D eigenvalue weighted by molar-refractivity contribution is 0.106. The Morgan fingerprint density at radius 2 is 1.54 bits per heavy atom. The van der Waals surface area contributed by atoms with Gasteiger partial charge in [0.1, 0.15) is 17.2 Å². The summed E-state index contributed by atoms with van der Waals surface area (Å²) in [5.74, 6) is -0.887. The van der Waals surface area contributed by atoms with Gasteiger partial charge in [-0.3, -0.25) is 0 Å². The minimum absolute atomic E-state index is 0.0602. The first-order valence-electron chi connectivity index (χ1n) is 9.70. The molecule has 3 aromatic carbocycles. The van der Waals surface area contributed by atoms with Crippen molar-refractivity contribution in [1.82, 2.24) is 4.81 Å². The van der Waals surface area contributed by atoms with Gasteiger partial charge in [0, 0.05) is 11.5 Å². The number of hydrogen-bond acceptors (Lipinski definition) is 2. The largest absolute Gasteiger partial charge is 0.423 e. The van der Waals surface area contributed by atoms with Crippen LogP contribution in [-0.2, 0) is 10.3 Å². The molecule has 0 N–H and O–H groups in total. The first kappa shape index (κ1) is 17.6. The number of rotatable bonds is 3. The van der Waals surface area contributed by atoms with Crippen LogP contribution in [0.15, 0.2) is 78.9 Å². The fraction of sp³-hybridized carbons (Fsp3) is 0.217. The number of halogens is 2. The maximum atomic E-state index is 14.7. The first-order chi connectivity index (χ1) is 13.7. The lowest BCUT2D eigenvalue weighted by Gasteiger charge is -2.36. The van der Waals surface area contributed by atoms with Crippen molar-refractivity contribution in [2.45, 2.75) is 24.5 Å². The zero-order chi connectivity index (χ0) is 19.1. The molecule has 3 aromatic rings. The Hall–Kier alpha value is -2.50. The Morgan fingerprint density at radius 1 is 0.893 bits per heavy atom. The molecule has 0 aromatic heterocycles. The normalized spacial score (nSPS) is 21.1. The third-order valence-corrected chi connectivity index (χ3v) is 5.99. The van der Waals surface area contributed by atoms with Gasteiger partial charge in [-0.15, -0.1) is 0 Å². The van der Waals surface area contributed by atoms with E-state index in [0.29, 0.717) is 0 Å². The molecule has 0 unspecified atom stereocenters. The third-order valence-electron chi connectivity index (χ3n) is 5.99. The van der Waals surface area contributed by atoms with Crippen molar-refractivity contribution >= 4 is 12.5 Å². The topological polar surface area (TPSA) is 12.5 Å². The number of fused-ring (bicyclic) bond motifs is 1. The van der Waals surface area contributed by atoms with Crippen molar-refractivity contribution in [1.29, 1.82) is 0 Å². The van der Waals surface area contributed by atoms with Gasteiger partial charge in [0.15, 0.2) is 0 Å². The average Bonchev–Trinajstić information content (AvgIpc) is 3.33. The Kier molecular flexibility index (Phi) is 4.29. The van der Waals surface area contributed by atoms with Gasteiger partial charge in [0.25, 0.3) is 0 Å². The molecular weight excluding hydrogens is 355 g/mol. The molecule has 2 aliphatic rings. The molecule has 0 radical (unpaired) electrons. The number of benzene rings is 3. The van der Waals surface area contributed by atoms with Crippen LogP contribution in [-0.4, -0.2) is 24.4 Å². The SMILES string of the molecule is Fc1ccc(F)c(B2OC(c3ccccc3)(c3ccccc3)[C@@H]3CCCN23)c1. The van der Waals surface area contributed by atoms with Crippen LogP contribution < -0.4 is 5.46 Å². The van der Waals surface area contributed by atoms with E-state index in [1.807, 2.05) is 36.4 Å². The summed E-state index contributed by atoms with van der Waals surface area (Å²) in [5.41, 5.74) is 1.62. The van der Waals surface area contributed by atoms with E-state index in [2.05, 4.69) is 29.1 Å². The van der Waals surface area contributed by atoms with Crippen molar-refractivity contribution in [3.05, 3.63) is 102 Å². The van der Waals surface area contributed by atoms with Crippen molar-refractivity contribution in [3.8, 4) is 0 Å². The minimum Gasteiger partial charge on any atom is -0.402 e. The van der Waals surface area contributed by atoms with E-state index in [1.165, 1.54) is 12.1 Å². The summed E-state index contributed by atoms with van der Waals surface area (Å²) in [6.07, 6.45) is 1.94. The van der Waals surface area contributed by atoms with Crippen LogP contribution in [0.4, 0.5) is 8.78 Å². The molecule has 140 valence electrons. The van der Waals surface area contributed by atoms with E-state index in [1.54, 1.807) is 0 Å². The number of hydrogen-bond donors (Lipinski definition) is 0. The first-order valence-corrected chi connectivity index (χ1v) is 9.70. The molecule has 0 amide bonds. The second-order valence-corrected chi connectivity index (χ2v) is 7.50. The van der Waals surface area contributed by atoms with Gasteiger partial charge in [-0.1, -0.05) is 60.7 Å². The minimum atomic E-state index is -0.720. The van der Waals surface area contributed by atoms with Gasteiger partial charge in [-0.2, -0.15) is 0 Å². The summed E-state index contributed by atoms with van der Waals surface area (Å²) >= 11 is 0. The highest BCUT2D eigenvalue weighted by atomic mass is 19.1. The van der Waals surface area contributed by atoms with Gasteiger partial charge in [0.05, 0.1) is 0 Å². The smallest absolute Gasteiger partial charge is 0.402 e. The molecule has 2 aliphatic heterocycles. The second-order valence-electron chi connectivity index (χ2n) is 7.50. The zero-order valence-corrected chi connectivity index (χ0v) is 15.4. The van der Waals surface area contributed by atoms with Gasteiger partial charge < -0.3 is 9.47 Å². The standard InChI is InChI=1S/C23H20BF2NO/c25-19-13-14-21(26)20(16-19)24-27-15-7-12-22(27)23(28-24,17-8-3-1-4-9-17)18-10-5-2-6-11-18/h1-6,8-11,13-14,16,22H,7,12,15H2/t22-/m0/s1. The summed E-state index contributed by atoms with van der Waals surface area (Å²) in [4.78, 5) is 2.19. The van der Waals surface area contributed by atoms with Crippen molar-refractivity contribution < 1.29 is 13.4 Å². The van der Waals surface area contributed by atoms with Crippen LogP contribution in [0.5, 0.6) is 0 Å². The average molecular weight is 375 g/mol. The third kappa shape index (κ3) is 2.61. The molecular formula is C23H20BF2NO. The molecule has 28 heavy (non-hydrogen) atoms. The monoisotopic (exact) mass is 375 g/mol. The maximum absolute atomic E-state index is 14.7. The van der Waals surface area contributed by atoms with Gasteiger partial charge in [-0.25, -0.2) is 8.78 Å². The van der Waals surface area contributed by atoms with Crippen molar-refractivity contribution in [2.75, 3.05) is 6.54 Å². The van der Waals surface area contributed by atoms with E-state index < -0.39 is 24.3 Å². The van der Waals surface area contributed by atoms with Crippen LogP contribution in [0, 0.1) is 11.6 Å². The Labute approximate surface area is 163 Å². The number of nitrogens with zero attached hydrogens (tertiary/aromatic N) is 1. The predicted octanol–water partition coefficient (Wildman–Crippen LogP) is 4.10. The summed E-state index contributed by atoms with van der Waals surface area (Å²) in [5, 5.41) is 0. The highest BCUT2D eigenvalue weighted by Crippen LogP contribution is 2.48. The van der Waals surface area contributed by atoms with E-state index in [4.69, 9.17) is 4.65 Å². The molecule has 5 heteroatoms. The quantitative estimate of drug-likeness (QED) is 0.640.